The molecule has 1 aromatic carbocycles. The quantitative estimate of drug-likeness (QED) is 0.281. The van der Waals surface area contributed by atoms with Gasteiger partial charge in [-0.2, -0.15) is 4.79 Å². The van der Waals surface area contributed by atoms with Gasteiger partial charge in [0.15, 0.2) is 5.78 Å². The molecular weight excluding hydrogens is 348 g/mol. The Kier molecular flexibility index (Phi) is 6.70. The summed E-state index contributed by atoms with van der Waals surface area (Å²) in [5.41, 5.74) is 5.37. The number of ketones is 1. The standard InChI is InChI=1S/C17H21ClN2O5/c1-17(2,3)25-16(23)20(4)13(15(22)24-5)9-14(21)11-7-6-10(18)8-12(11)19/h6-8,13H,4,9H2,1-3,5H3,(H-,19,21)/p+1/t13-/m0/s1. The molecule has 0 radical (unpaired) electrons. The maximum atomic E-state index is 12.5. The SMILES string of the molecule is C=[N+](C(=O)OC(C)(C)C)[C@@H](CC(=O)c1ccc(Cl)cc1N)C(=O)OC. The first-order chi connectivity index (χ1) is 11.5. The molecule has 25 heavy (non-hydrogen) atoms. The van der Waals surface area contributed by atoms with E-state index < -0.39 is 29.5 Å². The van der Waals surface area contributed by atoms with Crippen LogP contribution < -0.4 is 5.73 Å². The van der Waals surface area contributed by atoms with Crippen LogP contribution in [0.2, 0.25) is 5.02 Å². The van der Waals surface area contributed by atoms with Gasteiger partial charge in [0, 0.05) is 16.3 Å². The van der Waals surface area contributed by atoms with Crippen LogP contribution in [0.15, 0.2) is 18.2 Å². The zero-order valence-corrected chi connectivity index (χ0v) is 15.4. The third-order valence-electron chi connectivity index (χ3n) is 3.17. The lowest BCUT2D eigenvalue weighted by Crippen LogP contribution is -2.42. The highest BCUT2D eigenvalue weighted by Gasteiger charge is 2.39. The molecule has 0 unspecified atom stereocenters. The number of methoxy groups -OCH3 is 1. The number of nitrogen functional groups attached to an aromatic ring is 1. The van der Waals surface area contributed by atoms with Crippen molar-refractivity contribution < 1.29 is 28.4 Å². The summed E-state index contributed by atoms with van der Waals surface area (Å²) in [6.45, 7) is 8.54. The topological polar surface area (TPSA) is 98.7 Å². The van der Waals surface area contributed by atoms with Gasteiger partial charge in [0.1, 0.15) is 12.3 Å². The summed E-state index contributed by atoms with van der Waals surface area (Å²) in [4.78, 5) is 36.6. The molecule has 1 atom stereocenters. The third-order valence-corrected chi connectivity index (χ3v) is 3.41. The van der Waals surface area contributed by atoms with Crippen molar-refractivity contribution in [3.63, 3.8) is 0 Å². The highest BCUT2D eigenvalue weighted by atomic mass is 35.5. The predicted octanol–water partition coefficient (Wildman–Crippen LogP) is 2.68. The molecule has 0 saturated heterocycles. The number of Topliss-reactive ketones (excluding diaryl/α,β-unsaturated/α-hetero) is 1. The van der Waals surface area contributed by atoms with Crippen molar-refractivity contribution in [3.05, 3.63) is 28.8 Å². The number of benzene rings is 1. The number of halogens is 1. The Morgan fingerprint density at radius 1 is 1.32 bits per heavy atom. The average molecular weight is 370 g/mol. The van der Waals surface area contributed by atoms with Crippen molar-refractivity contribution in [1.29, 1.82) is 0 Å². The number of hydrogen-bond donors (Lipinski definition) is 1. The van der Waals surface area contributed by atoms with Crippen molar-refractivity contribution in [2.75, 3.05) is 12.8 Å². The molecule has 0 aliphatic carbocycles. The van der Waals surface area contributed by atoms with E-state index in [9.17, 15) is 14.4 Å². The minimum atomic E-state index is -1.25. The van der Waals surface area contributed by atoms with E-state index in [-0.39, 0.29) is 17.7 Å². The molecule has 2 N–H and O–H groups in total. The molecule has 1 amide bonds. The van der Waals surface area contributed by atoms with Gasteiger partial charge < -0.3 is 15.2 Å². The van der Waals surface area contributed by atoms with Crippen molar-refractivity contribution in [1.82, 2.24) is 0 Å². The maximum Gasteiger partial charge on any atom is 0.597 e. The summed E-state index contributed by atoms with van der Waals surface area (Å²) >= 11 is 5.81. The zero-order valence-electron chi connectivity index (χ0n) is 14.7. The Morgan fingerprint density at radius 2 is 1.92 bits per heavy atom. The van der Waals surface area contributed by atoms with Crippen molar-refractivity contribution >= 4 is 41.9 Å². The lowest BCUT2D eigenvalue weighted by molar-refractivity contribution is -0.471. The van der Waals surface area contributed by atoms with E-state index >= 15 is 0 Å². The first kappa shape index (κ1) is 20.6. The van der Waals surface area contributed by atoms with Gasteiger partial charge in [0.2, 0.25) is 0 Å². The highest BCUT2D eigenvalue weighted by molar-refractivity contribution is 6.31. The monoisotopic (exact) mass is 369 g/mol. The summed E-state index contributed by atoms with van der Waals surface area (Å²) in [6, 6.07) is 3.14. The largest absolute Gasteiger partial charge is 0.597 e. The van der Waals surface area contributed by atoms with Gasteiger partial charge >= 0.3 is 12.1 Å². The van der Waals surface area contributed by atoms with E-state index in [0.29, 0.717) is 5.02 Å². The smallest absolute Gasteiger partial charge is 0.464 e. The second-order valence-electron chi connectivity index (χ2n) is 6.35. The van der Waals surface area contributed by atoms with Crippen molar-refractivity contribution in [2.24, 2.45) is 0 Å². The van der Waals surface area contributed by atoms with E-state index in [1.807, 2.05) is 0 Å². The lowest BCUT2D eigenvalue weighted by atomic mass is 10.0. The number of carbonyl (C=O) groups excluding carboxylic acids is 3. The predicted molar refractivity (Wildman–Crippen MR) is 94.2 cm³/mol. The van der Waals surface area contributed by atoms with Crippen LogP contribution >= 0.6 is 11.6 Å². The normalized spacial score (nSPS) is 12.2. The van der Waals surface area contributed by atoms with Gasteiger partial charge in [-0.05, 0) is 39.0 Å². The summed E-state index contributed by atoms with van der Waals surface area (Å²) in [5.74, 6) is -1.25. The van der Waals surface area contributed by atoms with E-state index in [0.717, 1.165) is 11.7 Å². The number of ether oxygens (including phenoxy) is 2. The molecule has 136 valence electrons. The minimum absolute atomic E-state index is 0.175. The molecule has 1 aromatic rings. The lowest BCUT2D eigenvalue weighted by Gasteiger charge is -2.18. The van der Waals surface area contributed by atoms with Crippen LogP contribution in [0.3, 0.4) is 0 Å². The molecular formula is C17H22ClN2O5+. The van der Waals surface area contributed by atoms with Gasteiger partial charge in [-0.3, -0.25) is 4.79 Å². The Labute approximate surface area is 151 Å². The Bertz CT molecular complexity index is 709. The highest BCUT2D eigenvalue weighted by Crippen LogP contribution is 2.21. The van der Waals surface area contributed by atoms with Gasteiger partial charge in [0.05, 0.1) is 13.5 Å². The van der Waals surface area contributed by atoms with Crippen LogP contribution in [0, 0.1) is 0 Å². The first-order valence-electron chi connectivity index (χ1n) is 7.45. The number of amides is 1. The summed E-state index contributed by atoms with van der Waals surface area (Å²) < 4.78 is 10.6. The number of nitrogens with two attached hydrogens (primary N) is 1. The first-order valence-corrected chi connectivity index (χ1v) is 7.83. The second-order valence-corrected chi connectivity index (χ2v) is 6.78. The maximum absolute atomic E-state index is 12.5. The van der Waals surface area contributed by atoms with Crippen LogP contribution in [0.5, 0.6) is 0 Å². The molecule has 0 heterocycles. The summed E-state index contributed by atoms with van der Waals surface area (Å²) in [7, 11) is 1.15. The molecule has 0 spiro atoms. The Hall–Kier alpha value is -2.41. The molecule has 0 aromatic heterocycles. The van der Waals surface area contributed by atoms with E-state index in [1.54, 1.807) is 20.8 Å². The van der Waals surface area contributed by atoms with Crippen molar-refractivity contribution in [2.45, 2.75) is 38.8 Å². The average Bonchev–Trinajstić information content (AvgIpc) is 2.49. The number of esters is 1. The van der Waals surface area contributed by atoms with Crippen LogP contribution in [0.4, 0.5) is 10.5 Å². The Balaban J connectivity index is 3.03. The van der Waals surface area contributed by atoms with Crippen molar-refractivity contribution in [3.8, 4) is 0 Å². The minimum Gasteiger partial charge on any atom is -0.464 e. The molecule has 0 bridgehead atoms. The number of carbonyl (C=O) groups is 3. The van der Waals surface area contributed by atoms with Gasteiger partial charge in [-0.15, -0.1) is 4.58 Å². The fourth-order valence-corrected chi connectivity index (χ4v) is 2.16. The molecule has 0 aliphatic rings. The van der Waals surface area contributed by atoms with Crippen LogP contribution in [-0.4, -0.2) is 47.9 Å². The van der Waals surface area contributed by atoms with Crippen LogP contribution in [-0.2, 0) is 14.3 Å². The van der Waals surface area contributed by atoms with Gasteiger partial charge in [-0.1, -0.05) is 11.6 Å². The fourth-order valence-electron chi connectivity index (χ4n) is 1.98. The number of nitrogens with zero attached hydrogens (tertiary/aromatic N) is 1. The number of rotatable bonds is 5. The van der Waals surface area contributed by atoms with Gasteiger partial charge in [-0.25, -0.2) is 4.79 Å². The summed E-state index contributed by atoms with van der Waals surface area (Å²) in [5, 5.41) is 0.381. The van der Waals surface area contributed by atoms with Gasteiger partial charge in [0.25, 0.3) is 6.04 Å². The Morgan fingerprint density at radius 3 is 2.40 bits per heavy atom. The molecule has 7 nitrogen and oxygen atoms in total. The summed E-state index contributed by atoms with van der Waals surface area (Å²) in [6.07, 6.45) is -1.21. The van der Waals surface area contributed by atoms with E-state index in [1.165, 1.54) is 18.2 Å². The van der Waals surface area contributed by atoms with Crippen LogP contribution in [0.1, 0.15) is 37.6 Å². The zero-order chi connectivity index (χ0) is 19.4. The molecule has 0 fully saturated rings. The molecule has 8 heteroatoms. The van der Waals surface area contributed by atoms with E-state index in [2.05, 4.69) is 11.5 Å². The molecule has 1 rings (SSSR count). The van der Waals surface area contributed by atoms with E-state index in [4.69, 9.17) is 22.1 Å². The number of hydrogen-bond acceptors (Lipinski definition) is 6. The third kappa shape index (κ3) is 5.86. The molecule has 0 aliphatic heterocycles. The molecule has 0 saturated carbocycles. The van der Waals surface area contributed by atoms with Crippen LogP contribution in [0.25, 0.3) is 0 Å². The number of anilines is 1. The second kappa shape index (κ2) is 8.11. The fraction of sp³-hybridized carbons (Fsp3) is 0.412.